The van der Waals surface area contributed by atoms with Crippen molar-refractivity contribution in [3.05, 3.63) is 120 Å². The Morgan fingerprint density at radius 1 is 0.719 bits per heavy atom. The van der Waals surface area contributed by atoms with Gasteiger partial charge < -0.3 is 9.47 Å². The molecule has 4 aromatic rings. The minimum atomic E-state index is -0.434. The minimum absolute atomic E-state index is 0.217. The first-order valence-electron chi connectivity index (χ1n) is 10.3. The van der Waals surface area contributed by atoms with Crippen LogP contribution in [0.25, 0.3) is 11.1 Å². The minimum Gasteiger partial charge on any atom is -0.492 e. The van der Waals surface area contributed by atoms with Crippen LogP contribution in [0.5, 0.6) is 11.5 Å². The lowest BCUT2D eigenvalue weighted by atomic mass is 9.98. The van der Waals surface area contributed by atoms with Crippen LogP contribution < -0.4 is 9.47 Å². The van der Waals surface area contributed by atoms with Crippen molar-refractivity contribution < 1.29 is 14.3 Å². The molecule has 4 heteroatoms. The molecule has 0 fully saturated rings. The molecule has 4 aromatic carbocycles. The van der Waals surface area contributed by atoms with E-state index in [2.05, 4.69) is 18.2 Å². The molecule has 0 amide bonds. The van der Waals surface area contributed by atoms with Gasteiger partial charge in [0.15, 0.2) is 0 Å². The molecule has 0 aliphatic rings. The first-order valence-corrected chi connectivity index (χ1v) is 10.3. The van der Waals surface area contributed by atoms with Crippen molar-refractivity contribution in [3.8, 4) is 28.7 Å². The molecule has 0 heterocycles. The lowest BCUT2D eigenvalue weighted by molar-refractivity contribution is 0.0734. The van der Waals surface area contributed by atoms with Gasteiger partial charge in [-0.3, -0.25) is 0 Å². The van der Waals surface area contributed by atoms with Crippen molar-refractivity contribution in [1.29, 1.82) is 5.26 Å². The van der Waals surface area contributed by atoms with Crippen molar-refractivity contribution >= 4 is 5.97 Å². The van der Waals surface area contributed by atoms with Crippen molar-refractivity contribution in [2.75, 3.05) is 6.61 Å². The Labute approximate surface area is 187 Å². The number of hydrogen-bond acceptors (Lipinski definition) is 4. The van der Waals surface area contributed by atoms with Crippen LogP contribution in [0.3, 0.4) is 0 Å². The number of benzene rings is 4. The predicted molar refractivity (Wildman–Crippen MR) is 124 cm³/mol. The summed E-state index contributed by atoms with van der Waals surface area (Å²) in [5.41, 5.74) is 3.56. The van der Waals surface area contributed by atoms with Gasteiger partial charge in [0.2, 0.25) is 0 Å². The molecular weight excluding hydrogens is 398 g/mol. The normalized spacial score (nSPS) is 11.2. The highest BCUT2D eigenvalue weighted by atomic mass is 16.5. The first kappa shape index (κ1) is 20.9. The van der Waals surface area contributed by atoms with Gasteiger partial charge in [-0.1, -0.05) is 72.8 Å². The van der Waals surface area contributed by atoms with Gasteiger partial charge >= 0.3 is 5.97 Å². The number of hydrogen-bond donors (Lipinski definition) is 0. The summed E-state index contributed by atoms with van der Waals surface area (Å²) in [5, 5.41) is 9.61. The topological polar surface area (TPSA) is 59.3 Å². The molecule has 1 unspecified atom stereocenters. The summed E-state index contributed by atoms with van der Waals surface area (Å²) in [4.78, 5) is 12.2. The Bertz CT molecular complexity index is 1200. The summed E-state index contributed by atoms with van der Waals surface area (Å²) < 4.78 is 11.1. The number of para-hydroxylation sites is 1. The van der Waals surface area contributed by atoms with E-state index in [1.165, 1.54) is 0 Å². The smallest absolute Gasteiger partial charge is 0.343 e. The third-order valence-electron chi connectivity index (χ3n) is 5.04. The zero-order valence-electron chi connectivity index (χ0n) is 17.3. The van der Waals surface area contributed by atoms with Crippen LogP contribution in [0, 0.1) is 11.3 Å². The van der Waals surface area contributed by atoms with E-state index in [1.54, 1.807) is 48.5 Å². The number of rotatable bonds is 7. The molecule has 4 rings (SSSR count). The van der Waals surface area contributed by atoms with Crippen molar-refractivity contribution in [2.45, 2.75) is 5.92 Å². The van der Waals surface area contributed by atoms with E-state index < -0.39 is 11.9 Å². The highest BCUT2D eigenvalue weighted by Gasteiger charge is 2.13. The number of carbonyl (C=O) groups excluding carboxylic acids is 1. The average molecular weight is 419 g/mol. The molecule has 32 heavy (non-hydrogen) atoms. The van der Waals surface area contributed by atoms with Crippen LogP contribution >= 0.6 is 0 Å². The second-order valence-corrected chi connectivity index (χ2v) is 7.21. The quantitative estimate of drug-likeness (QED) is 0.262. The molecule has 0 aromatic heterocycles. The molecule has 156 valence electrons. The summed E-state index contributed by atoms with van der Waals surface area (Å²) in [6, 6.07) is 36.0. The largest absolute Gasteiger partial charge is 0.492 e. The van der Waals surface area contributed by atoms with Gasteiger partial charge in [0.1, 0.15) is 24.0 Å². The maximum Gasteiger partial charge on any atom is 0.343 e. The van der Waals surface area contributed by atoms with Crippen LogP contribution in [0.2, 0.25) is 0 Å². The Morgan fingerprint density at radius 2 is 1.31 bits per heavy atom. The standard InChI is InChI=1S/C28H21NO3/c29-19-25(23-13-11-22(12-14-23)21-7-3-1-4-8-21)20-31-26-17-15-24(16-18-26)28(30)32-27-9-5-2-6-10-27/h1-18,25H,20H2. The van der Waals surface area contributed by atoms with Crippen LogP contribution in [0.1, 0.15) is 21.8 Å². The molecule has 1 atom stereocenters. The Hall–Kier alpha value is -4.36. The fourth-order valence-electron chi connectivity index (χ4n) is 3.27. The monoisotopic (exact) mass is 419 g/mol. The second kappa shape index (κ2) is 10.1. The van der Waals surface area contributed by atoms with E-state index in [9.17, 15) is 10.1 Å². The SMILES string of the molecule is N#CC(COc1ccc(C(=O)Oc2ccccc2)cc1)c1ccc(-c2ccccc2)cc1. The van der Waals surface area contributed by atoms with Gasteiger partial charge in [-0.15, -0.1) is 0 Å². The summed E-state index contributed by atoms with van der Waals surface area (Å²) in [6.07, 6.45) is 0. The van der Waals surface area contributed by atoms with Crippen LogP contribution in [-0.4, -0.2) is 12.6 Å². The van der Waals surface area contributed by atoms with E-state index in [0.29, 0.717) is 17.1 Å². The number of esters is 1. The third kappa shape index (κ3) is 5.21. The van der Waals surface area contributed by atoms with E-state index in [1.807, 2.05) is 48.5 Å². The summed E-state index contributed by atoms with van der Waals surface area (Å²) in [5.74, 6) is 0.245. The fourth-order valence-corrected chi connectivity index (χ4v) is 3.27. The lowest BCUT2D eigenvalue weighted by Gasteiger charge is -2.13. The van der Waals surface area contributed by atoms with Crippen molar-refractivity contribution in [3.63, 3.8) is 0 Å². The Balaban J connectivity index is 1.36. The molecule has 0 spiro atoms. The van der Waals surface area contributed by atoms with Gasteiger partial charge in [0.25, 0.3) is 0 Å². The van der Waals surface area contributed by atoms with Crippen molar-refractivity contribution in [1.82, 2.24) is 0 Å². The molecule has 0 N–H and O–H groups in total. The van der Waals surface area contributed by atoms with E-state index in [0.717, 1.165) is 16.7 Å². The van der Waals surface area contributed by atoms with Crippen LogP contribution in [0.4, 0.5) is 0 Å². The molecule has 0 radical (unpaired) electrons. The van der Waals surface area contributed by atoms with Crippen LogP contribution in [0.15, 0.2) is 109 Å². The van der Waals surface area contributed by atoms with E-state index >= 15 is 0 Å². The molecule has 4 nitrogen and oxygen atoms in total. The van der Waals surface area contributed by atoms with Crippen molar-refractivity contribution in [2.24, 2.45) is 0 Å². The summed E-state index contributed by atoms with van der Waals surface area (Å²) >= 11 is 0. The average Bonchev–Trinajstić information content (AvgIpc) is 2.86. The summed E-state index contributed by atoms with van der Waals surface area (Å²) in [7, 11) is 0. The van der Waals surface area contributed by atoms with Gasteiger partial charge in [-0.05, 0) is 53.1 Å². The van der Waals surface area contributed by atoms with Crippen LogP contribution in [-0.2, 0) is 0 Å². The fraction of sp³-hybridized carbons (Fsp3) is 0.0714. The maximum atomic E-state index is 12.2. The highest BCUT2D eigenvalue weighted by Crippen LogP contribution is 2.24. The third-order valence-corrected chi connectivity index (χ3v) is 5.04. The predicted octanol–water partition coefficient (Wildman–Crippen LogP) is 6.26. The highest BCUT2D eigenvalue weighted by molar-refractivity contribution is 5.91. The number of nitriles is 1. The zero-order chi connectivity index (χ0) is 22.2. The van der Waals surface area contributed by atoms with Gasteiger partial charge in [-0.2, -0.15) is 5.26 Å². The van der Waals surface area contributed by atoms with Gasteiger partial charge in [-0.25, -0.2) is 4.79 Å². The molecule has 0 aliphatic carbocycles. The second-order valence-electron chi connectivity index (χ2n) is 7.21. The molecule has 0 bridgehead atoms. The van der Waals surface area contributed by atoms with E-state index in [4.69, 9.17) is 9.47 Å². The Kier molecular flexibility index (Phi) is 6.60. The molecule has 0 aliphatic heterocycles. The molecule has 0 saturated carbocycles. The van der Waals surface area contributed by atoms with E-state index in [-0.39, 0.29) is 6.61 Å². The zero-order valence-corrected chi connectivity index (χ0v) is 17.3. The number of ether oxygens (including phenoxy) is 2. The maximum absolute atomic E-state index is 12.2. The molecule has 0 saturated heterocycles. The molecular formula is C28H21NO3. The first-order chi connectivity index (χ1) is 15.7. The summed E-state index contributed by atoms with van der Waals surface area (Å²) in [6.45, 7) is 0.217. The number of nitrogens with zero attached hydrogens (tertiary/aromatic N) is 1. The Morgan fingerprint density at radius 3 is 1.94 bits per heavy atom. The van der Waals surface area contributed by atoms with Gasteiger partial charge in [0, 0.05) is 0 Å². The number of carbonyl (C=O) groups is 1. The van der Waals surface area contributed by atoms with Gasteiger partial charge in [0.05, 0.1) is 11.6 Å². The lowest BCUT2D eigenvalue weighted by Crippen LogP contribution is -2.10.